The van der Waals surface area contributed by atoms with Crippen LogP contribution in [0.4, 0.5) is 10.1 Å². The minimum absolute atomic E-state index is 0.0942. The van der Waals surface area contributed by atoms with Crippen LogP contribution in [-0.2, 0) is 4.79 Å². The van der Waals surface area contributed by atoms with Gasteiger partial charge < -0.3 is 5.32 Å². The van der Waals surface area contributed by atoms with Gasteiger partial charge >= 0.3 is 5.69 Å². The molecule has 1 heterocycles. The summed E-state index contributed by atoms with van der Waals surface area (Å²) >= 11 is 0. The second kappa shape index (κ2) is 6.51. The van der Waals surface area contributed by atoms with Gasteiger partial charge in [-0.1, -0.05) is 19.1 Å². The zero-order chi connectivity index (χ0) is 16.3. The molecule has 2 aromatic rings. The Morgan fingerprint density at radius 2 is 2.05 bits per heavy atom. The van der Waals surface area contributed by atoms with E-state index in [-0.39, 0.29) is 5.69 Å². The van der Waals surface area contributed by atoms with Crippen LogP contribution in [0, 0.1) is 19.7 Å². The van der Waals surface area contributed by atoms with Crippen LogP contribution in [0.1, 0.15) is 30.8 Å². The van der Waals surface area contributed by atoms with Crippen molar-refractivity contribution in [2.24, 2.45) is 0 Å². The van der Waals surface area contributed by atoms with Crippen molar-refractivity contribution >= 4 is 11.6 Å². The molecule has 0 bridgehead atoms. The van der Waals surface area contributed by atoms with Gasteiger partial charge in [0.2, 0.25) is 5.91 Å². The molecule has 0 aliphatic carbocycles. The predicted octanol–water partition coefficient (Wildman–Crippen LogP) is 2.59. The number of para-hydroxylation sites is 1. The molecule has 0 saturated heterocycles. The highest BCUT2D eigenvalue weighted by atomic mass is 19.1. The van der Waals surface area contributed by atoms with Gasteiger partial charge in [-0.2, -0.15) is 4.98 Å². The number of hydrogen-bond acceptors (Lipinski definition) is 3. The number of benzene rings is 1. The number of halogens is 1. The maximum Gasteiger partial charge on any atom is 0.348 e. The minimum atomic E-state index is -0.736. The molecule has 0 spiro atoms. The van der Waals surface area contributed by atoms with Crippen LogP contribution in [0.15, 0.2) is 35.1 Å². The van der Waals surface area contributed by atoms with Crippen molar-refractivity contribution in [1.82, 2.24) is 9.55 Å². The minimum Gasteiger partial charge on any atom is -0.322 e. The molecule has 1 aromatic heterocycles. The second-order valence-corrected chi connectivity index (χ2v) is 5.08. The fourth-order valence-electron chi connectivity index (χ4n) is 2.40. The SMILES string of the molecule is CC[C@H](C(=O)Nc1ccccc1F)n1c(C)cc(C)nc1=O. The van der Waals surface area contributed by atoms with Crippen LogP contribution in [0.2, 0.25) is 0 Å². The molecule has 1 aromatic carbocycles. The zero-order valence-electron chi connectivity index (χ0n) is 12.8. The molecule has 22 heavy (non-hydrogen) atoms. The van der Waals surface area contributed by atoms with Crippen LogP contribution in [0.5, 0.6) is 0 Å². The molecule has 0 unspecified atom stereocenters. The standard InChI is InChI=1S/C16H18FN3O2/c1-4-14(20-11(3)9-10(2)18-16(20)22)15(21)19-13-8-6-5-7-12(13)17/h5-9,14H,4H2,1-3H3,(H,19,21)/t14-/m1/s1. The van der Waals surface area contributed by atoms with Gasteiger partial charge in [-0.3, -0.25) is 9.36 Å². The Morgan fingerprint density at radius 1 is 1.36 bits per heavy atom. The number of carbonyl (C=O) groups is 1. The summed E-state index contributed by atoms with van der Waals surface area (Å²) in [4.78, 5) is 28.4. The van der Waals surface area contributed by atoms with E-state index in [1.54, 1.807) is 39.0 Å². The lowest BCUT2D eigenvalue weighted by molar-refractivity contribution is -0.119. The van der Waals surface area contributed by atoms with E-state index in [4.69, 9.17) is 0 Å². The van der Waals surface area contributed by atoms with Crippen molar-refractivity contribution < 1.29 is 9.18 Å². The van der Waals surface area contributed by atoms with Crippen molar-refractivity contribution in [2.45, 2.75) is 33.2 Å². The molecule has 5 nitrogen and oxygen atoms in total. The molecular formula is C16H18FN3O2. The lowest BCUT2D eigenvalue weighted by atomic mass is 10.1. The first kappa shape index (κ1) is 15.9. The van der Waals surface area contributed by atoms with Gasteiger partial charge in [-0.15, -0.1) is 0 Å². The van der Waals surface area contributed by atoms with E-state index < -0.39 is 23.5 Å². The first-order valence-corrected chi connectivity index (χ1v) is 7.06. The summed E-state index contributed by atoms with van der Waals surface area (Å²) in [5.74, 6) is -0.958. The van der Waals surface area contributed by atoms with E-state index >= 15 is 0 Å². The number of anilines is 1. The summed E-state index contributed by atoms with van der Waals surface area (Å²) in [6.45, 7) is 5.26. The summed E-state index contributed by atoms with van der Waals surface area (Å²) in [5.41, 5.74) is 0.862. The fourth-order valence-corrected chi connectivity index (χ4v) is 2.40. The Morgan fingerprint density at radius 3 is 2.64 bits per heavy atom. The highest BCUT2D eigenvalue weighted by molar-refractivity contribution is 5.93. The van der Waals surface area contributed by atoms with Gasteiger partial charge in [-0.05, 0) is 38.5 Å². The van der Waals surface area contributed by atoms with Crippen LogP contribution in [-0.4, -0.2) is 15.5 Å². The fraction of sp³-hybridized carbons (Fsp3) is 0.312. The Kier molecular flexibility index (Phi) is 4.70. The quantitative estimate of drug-likeness (QED) is 0.944. The van der Waals surface area contributed by atoms with E-state index in [0.29, 0.717) is 17.8 Å². The number of carbonyl (C=O) groups excluding carboxylic acids is 1. The van der Waals surface area contributed by atoms with Gasteiger partial charge in [0.1, 0.15) is 11.9 Å². The molecule has 1 N–H and O–H groups in total. The average molecular weight is 303 g/mol. The second-order valence-electron chi connectivity index (χ2n) is 5.08. The number of nitrogens with zero attached hydrogens (tertiary/aromatic N) is 2. The van der Waals surface area contributed by atoms with Gasteiger partial charge in [0.15, 0.2) is 0 Å². The highest BCUT2D eigenvalue weighted by Crippen LogP contribution is 2.18. The number of hydrogen-bond donors (Lipinski definition) is 1. The van der Waals surface area contributed by atoms with Gasteiger partial charge in [0.05, 0.1) is 5.69 Å². The van der Waals surface area contributed by atoms with E-state index in [1.165, 1.54) is 16.7 Å². The van der Waals surface area contributed by atoms with Gasteiger partial charge in [-0.25, -0.2) is 9.18 Å². The number of aromatic nitrogens is 2. The number of rotatable bonds is 4. The van der Waals surface area contributed by atoms with Crippen molar-refractivity contribution in [3.8, 4) is 0 Å². The third-order valence-electron chi connectivity index (χ3n) is 3.41. The Labute approximate surface area is 127 Å². The lowest BCUT2D eigenvalue weighted by Gasteiger charge is -2.20. The normalized spacial score (nSPS) is 12.0. The first-order chi connectivity index (χ1) is 10.4. The summed E-state index contributed by atoms with van der Waals surface area (Å²) in [6, 6.07) is 6.91. The molecule has 116 valence electrons. The predicted molar refractivity (Wildman–Crippen MR) is 82.3 cm³/mol. The maximum absolute atomic E-state index is 13.6. The number of amides is 1. The summed E-state index contributed by atoms with van der Waals surface area (Å²) < 4.78 is 15.0. The van der Waals surface area contributed by atoms with Crippen LogP contribution < -0.4 is 11.0 Å². The Hall–Kier alpha value is -2.50. The topological polar surface area (TPSA) is 64.0 Å². The van der Waals surface area contributed by atoms with Crippen LogP contribution in [0.3, 0.4) is 0 Å². The monoisotopic (exact) mass is 303 g/mol. The van der Waals surface area contributed by atoms with E-state index in [9.17, 15) is 14.0 Å². The third-order valence-corrected chi connectivity index (χ3v) is 3.41. The number of nitrogens with one attached hydrogen (secondary N) is 1. The molecule has 6 heteroatoms. The molecule has 0 aliphatic heterocycles. The zero-order valence-corrected chi connectivity index (χ0v) is 12.8. The summed E-state index contributed by atoms with van der Waals surface area (Å²) in [5, 5.41) is 2.53. The highest BCUT2D eigenvalue weighted by Gasteiger charge is 2.22. The van der Waals surface area contributed by atoms with Crippen molar-refractivity contribution in [3.63, 3.8) is 0 Å². The van der Waals surface area contributed by atoms with Gasteiger partial charge in [0, 0.05) is 11.4 Å². The maximum atomic E-state index is 13.6. The van der Waals surface area contributed by atoms with Gasteiger partial charge in [0.25, 0.3) is 0 Å². The number of aryl methyl sites for hydroxylation is 2. The third kappa shape index (κ3) is 3.21. The average Bonchev–Trinajstić information content (AvgIpc) is 2.45. The van der Waals surface area contributed by atoms with Crippen molar-refractivity contribution in [2.75, 3.05) is 5.32 Å². The van der Waals surface area contributed by atoms with E-state index in [2.05, 4.69) is 10.3 Å². The lowest BCUT2D eigenvalue weighted by Crippen LogP contribution is -2.36. The molecular weight excluding hydrogens is 285 g/mol. The summed E-state index contributed by atoms with van der Waals surface area (Å²) in [6.07, 6.45) is 0.395. The molecule has 0 radical (unpaired) electrons. The first-order valence-electron chi connectivity index (χ1n) is 7.06. The van der Waals surface area contributed by atoms with E-state index in [1.807, 2.05) is 0 Å². The van der Waals surface area contributed by atoms with Crippen molar-refractivity contribution in [3.05, 3.63) is 58.0 Å². The summed E-state index contributed by atoms with van der Waals surface area (Å²) in [7, 11) is 0. The molecule has 0 fully saturated rings. The Bertz CT molecular complexity index is 755. The van der Waals surface area contributed by atoms with Crippen LogP contribution in [0.25, 0.3) is 0 Å². The molecule has 2 rings (SSSR count). The molecule has 1 amide bonds. The molecule has 0 saturated carbocycles. The Balaban J connectivity index is 2.35. The smallest absolute Gasteiger partial charge is 0.322 e. The van der Waals surface area contributed by atoms with E-state index in [0.717, 1.165) is 0 Å². The largest absolute Gasteiger partial charge is 0.348 e. The molecule has 1 atom stereocenters. The van der Waals surface area contributed by atoms with Crippen LogP contribution >= 0.6 is 0 Å². The van der Waals surface area contributed by atoms with Crippen molar-refractivity contribution in [1.29, 1.82) is 0 Å². The molecule has 0 aliphatic rings.